The number of rotatable bonds is 7. The van der Waals surface area contributed by atoms with Gasteiger partial charge in [-0.1, -0.05) is 0 Å². The van der Waals surface area contributed by atoms with Gasteiger partial charge in [0.05, 0.1) is 18.5 Å². The first kappa shape index (κ1) is 15.0. The van der Waals surface area contributed by atoms with Crippen LogP contribution in [0.3, 0.4) is 0 Å². The summed E-state index contributed by atoms with van der Waals surface area (Å²) in [6.07, 6.45) is 2.86. The van der Waals surface area contributed by atoms with Crippen molar-refractivity contribution in [3.05, 3.63) is 12.4 Å². The molecule has 106 valence electrons. The molecular formula is C11H18N4O4. The summed E-state index contributed by atoms with van der Waals surface area (Å²) in [6.45, 7) is 3.20. The largest absolute Gasteiger partial charge is 0.480 e. The van der Waals surface area contributed by atoms with E-state index < -0.39 is 5.97 Å². The maximum absolute atomic E-state index is 11.7. The first-order valence-electron chi connectivity index (χ1n) is 5.87. The predicted octanol–water partition coefficient (Wildman–Crippen LogP) is 0.468. The van der Waals surface area contributed by atoms with Crippen molar-refractivity contribution in [2.45, 2.75) is 13.5 Å². The Morgan fingerprint density at radius 3 is 2.95 bits per heavy atom. The lowest BCUT2D eigenvalue weighted by atomic mass is 10.5. The van der Waals surface area contributed by atoms with Crippen LogP contribution in [0, 0.1) is 0 Å². The van der Waals surface area contributed by atoms with Crippen molar-refractivity contribution in [2.24, 2.45) is 0 Å². The van der Waals surface area contributed by atoms with E-state index in [9.17, 15) is 9.59 Å². The second-order valence-corrected chi connectivity index (χ2v) is 3.87. The number of ether oxygens (including phenoxy) is 1. The molecule has 0 saturated heterocycles. The van der Waals surface area contributed by atoms with Crippen molar-refractivity contribution in [3.63, 3.8) is 0 Å². The van der Waals surface area contributed by atoms with Crippen LogP contribution in [0.25, 0.3) is 0 Å². The standard InChI is InChI=1S/C11H18N4O4/c1-3-19-5-4-14(2)11(18)13-9-6-12-15(7-9)8-10(16)17/h6-7H,3-5,8H2,1-2H3,(H,13,18)(H,16,17). The van der Waals surface area contributed by atoms with Crippen LogP contribution in [-0.4, -0.2) is 58.6 Å². The summed E-state index contributed by atoms with van der Waals surface area (Å²) in [5.41, 5.74) is 0.453. The number of urea groups is 1. The van der Waals surface area contributed by atoms with E-state index in [1.165, 1.54) is 22.0 Å². The number of likely N-dealkylation sites (N-methyl/N-ethyl adjacent to an activating group) is 1. The van der Waals surface area contributed by atoms with E-state index in [-0.39, 0.29) is 12.6 Å². The Morgan fingerprint density at radius 1 is 1.58 bits per heavy atom. The molecule has 8 nitrogen and oxygen atoms in total. The average Bonchev–Trinajstić information content (AvgIpc) is 2.75. The fraction of sp³-hybridized carbons (Fsp3) is 0.545. The van der Waals surface area contributed by atoms with Crippen molar-refractivity contribution in [1.82, 2.24) is 14.7 Å². The third-order valence-electron chi connectivity index (χ3n) is 2.30. The lowest BCUT2D eigenvalue weighted by molar-refractivity contribution is -0.137. The van der Waals surface area contributed by atoms with Crippen LogP contribution >= 0.6 is 0 Å². The molecule has 0 bridgehead atoms. The van der Waals surface area contributed by atoms with Gasteiger partial charge in [0.1, 0.15) is 6.54 Å². The van der Waals surface area contributed by atoms with Crippen molar-refractivity contribution in [3.8, 4) is 0 Å². The zero-order valence-electron chi connectivity index (χ0n) is 11.0. The molecular weight excluding hydrogens is 252 g/mol. The minimum Gasteiger partial charge on any atom is -0.480 e. The van der Waals surface area contributed by atoms with Crippen LogP contribution < -0.4 is 5.32 Å². The molecule has 0 fully saturated rings. The molecule has 8 heteroatoms. The number of carboxylic acids is 1. The number of nitrogens with zero attached hydrogens (tertiary/aromatic N) is 3. The molecule has 0 spiro atoms. The zero-order chi connectivity index (χ0) is 14.3. The molecule has 0 atom stereocenters. The van der Waals surface area contributed by atoms with Crippen molar-refractivity contribution < 1.29 is 19.4 Å². The minimum absolute atomic E-state index is 0.240. The van der Waals surface area contributed by atoms with Crippen LogP contribution in [-0.2, 0) is 16.1 Å². The summed E-state index contributed by atoms with van der Waals surface area (Å²) in [5, 5.41) is 15.0. The Morgan fingerprint density at radius 2 is 2.32 bits per heavy atom. The third kappa shape index (κ3) is 5.38. The predicted molar refractivity (Wildman–Crippen MR) is 68.0 cm³/mol. The van der Waals surface area contributed by atoms with Crippen LogP contribution in [0.15, 0.2) is 12.4 Å². The molecule has 2 N–H and O–H groups in total. The van der Waals surface area contributed by atoms with E-state index in [0.29, 0.717) is 25.4 Å². The maximum atomic E-state index is 11.7. The van der Waals surface area contributed by atoms with Crippen LogP contribution in [0.4, 0.5) is 10.5 Å². The van der Waals surface area contributed by atoms with Crippen molar-refractivity contribution in [1.29, 1.82) is 0 Å². The Balaban J connectivity index is 2.43. The van der Waals surface area contributed by atoms with Crippen LogP contribution in [0.1, 0.15) is 6.92 Å². The molecule has 0 aliphatic carbocycles. The van der Waals surface area contributed by atoms with E-state index in [1.807, 2.05) is 6.92 Å². The highest BCUT2D eigenvalue weighted by Crippen LogP contribution is 2.05. The molecule has 2 amide bonds. The Kier molecular flexibility index (Phi) is 5.80. The Bertz CT molecular complexity index is 432. The Labute approximate surface area is 110 Å². The average molecular weight is 270 g/mol. The number of aromatic nitrogens is 2. The molecule has 0 aromatic carbocycles. The fourth-order valence-corrected chi connectivity index (χ4v) is 1.32. The van der Waals surface area contributed by atoms with E-state index in [1.54, 1.807) is 7.05 Å². The number of amides is 2. The van der Waals surface area contributed by atoms with Gasteiger partial charge in [-0.15, -0.1) is 0 Å². The number of carboxylic acid groups (broad SMARTS) is 1. The molecule has 0 aliphatic rings. The van der Waals surface area contributed by atoms with Crippen molar-refractivity contribution in [2.75, 3.05) is 32.1 Å². The van der Waals surface area contributed by atoms with Gasteiger partial charge >= 0.3 is 12.0 Å². The summed E-state index contributed by atoms with van der Waals surface area (Å²) in [7, 11) is 1.65. The highest BCUT2D eigenvalue weighted by atomic mass is 16.5. The van der Waals surface area contributed by atoms with Gasteiger partial charge < -0.3 is 20.1 Å². The zero-order valence-corrected chi connectivity index (χ0v) is 11.0. The fourth-order valence-electron chi connectivity index (χ4n) is 1.32. The molecule has 0 unspecified atom stereocenters. The van der Waals surface area contributed by atoms with Gasteiger partial charge in [-0.3, -0.25) is 9.48 Å². The molecule has 1 aromatic rings. The Hall–Kier alpha value is -2.09. The van der Waals surface area contributed by atoms with E-state index in [2.05, 4.69) is 10.4 Å². The van der Waals surface area contributed by atoms with Gasteiger partial charge in [0.25, 0.3) is 0 Å². The number of anilines is 1. The normalized spacial score (nSPS) is 10.2. The van der Waals surface area contributed by atoms with Gasteiger partial charge in [-0.05, 0) is 6.92 Å². The summed E-state index contributed by atoms with van der Waals surface area (Å²) in [4.78, 5) is 23.7. The second kappa shape index (κ2) is 7.37. The second-order valence-electron chi connectivity index (χ2n) is 3.87. The van der Waals surface area contributed by atoms with E-state index in [4.69, 9.17) is 9.84 Å². The summed E-state index contributed by atoms with van der Waals surface area (Å²) in [5.74, 6) is -0.991. The summed E-state index contributed by atoms with van der Waals surface area (Å²) < 4.78 is 6.38. The molecule has 0 saturated carbocycles. The van der Waals surface area contributed by atoms with Gasteiger partial charge in [0.15, 0.2) is 0 Å². The number of hydrogen-bond acceptors (Lipinski definition) is 4. The molecule has 1 aromatic heterocycles. The summed E-state index contributed by atoms with van der Waals surface area (Å²) >= 11 is 0. The first-order valence-corrected chi connectivity index (χ1v) is 5.87. The SMILES string of the molecule is CCOCCN(C)C(=O)Nc1cnn(CC(=O)O)c1. The highest BCUT2D eigenvalue weighted by Gasteiger charge is 2.10. The van der Waals surface area contributed by atoms with Crippen molar-refractivity contribution >= 4 is 17.7 Å². The molecule has 1 heterocycles. The first-order chi connectivity index (χ1) is 9.02. The topological polar surface area (TPSA) is 96.7 Å². The summed E-state index contributed by atoms with van der Waals surface area (Å²) in [6, 6.07) is -0.297. The van der Waals surface area contributed by atoms with Crippen LogP contribution in [0.5, 0.6) is 0 Å². The molecule has 0 radical (unpaired) electrons. The minimum atomic E-state index is -0.991. The maximum Gasteiger partial charge on any atom is 0.325 e. The number of carbonyl (C=O) groups is 2. The molecule has 19 heavy (non-hydrogen) atoms. The van der Waals surface area contributed by atoms with Gasteiger partial charge in [-0.2, -0.15) is 5.10 Å². The number of carbonyl (C=O) groups excluding carboxylic acids is 1. The van der Waals surface area contributed by atoms with Gasteiger partial charge in [-0.25, -0.2) is 4.79 Å². The van der Waals surface area contributed by atoms with Gasteiger partial charge in [0, 0.05) is 26.4 Å². The molecule has 1 rings (SSSR count). The smallest absolute Gasteiger partial charge is 0.325 e. The lowest BCUT2D eigenvalue weighted by Gasteiger charge is -2.16. The van der Waals surface area contributed by atoms with Gasteiger partial charge in [0.2, 0.25) is 0 Å². The monoisotopic (exact) mass is 270 g/mol. The van der Waals surface area contributed by atoms with E-state index >= 15 is 0 Å². The number of nitrogens with one attached hydrogen (secondary N) is 1. The van der Waals surface area contributed by atoms with E-state index in [0.717, 1.165) is 0 Å². The third-order valence-corrected chi connectivity index (χ3v) is 2.30. The quantitative estimate of drug-likeness (QED) is 0.702. The lowest BCUT2D eigenvalue weighted by Crippen LogP contribution is -2.33. The highest BCUT2D eigenvalue weighted by molar-refractivity contribution is 5.88. The number of aliphatic carboxylic acids is 1. The number of hydrogen-bond donors (Lipinski definition) is 2. The van der Waals surface area contributed by atoms with Crippen LogP contribution in [0.2, 0.25) is 0 Å². The molecule has 0 aliphatic heterocycles.